The number of hydrogen-bond donors (Lipinski definition) is 1. The van der Waals surface area contributed by atoms with Crippen LogP contribution in [0.25, 0.3) is 0 Å². The molecule has 0 aromatic carbocycles. The highest BCUT2D eigenvalue weighted by Gasteiger charge is 2.06. The van der Waals surface area contributed by atoms with Gasteiger partial charge in [-0.05, 0) is 13.0 Å². The van der Waals surface area contributed by atoms with Gasteiger partial charge in [0.25, 0.3) is 10.1 Å². The number of hydrogen-bond acceptors (Lipinski definition) is 3. The molecular formula is C9H17NO3S. The van der Waals surface area contributed by atoms with Gasteiger partial charge in [0.1, 0.15) is 0 Å². The minimum Gasteiger partial charge on any atom is -0.296 e. The van der Waals surface area contributed by atoms with E-state index >= 15 is 0 Å². The van der Waals surface area contributed by atoms with Gasteiger partial charge in [-0.1, -0.05) is 12.2 Å². The van der Waals surface area contributed by atoms with E-state index in [1.54, 1.807) is 12.2 Å². The molecule has 0 bridgehead atoms. The first kappa shape index (κ1) is 13.4. The van der Waals surface area contributed by atoms with Gasteiger partial charge in [0.2, 0.25) is 0 Å². The van der Waals surface area contributed by atoms with Crippen LogP contribution in [-0.2, 0) is 10.1 Å². The van der Waals surface area contributed by atoms with E-state index < -0.39 is 10.1 Å². The number of rotatable bonds is 8. The molecule has 0 aliphatic rings. The van der Waals surface area contributed by atoms with Crippen LogP contribution in [-0.4, -0.2) is 43.3 Å². The van der Waals surface area contributed by atoms with Crippen molar-refractivity contribution in [2.75, 3.05) is 25.4 Å². The summed E-state index contributed by atoms with van der Waals surface area (Å²) in [5.74, 6) is -0.197. The second-order valence-corrected chi connectivity index (χ2v) is 4.55. The van der Waals surface area contributed by atoms with Crippen molar-refractivity contribution >= 4 is 10.1 Å². The maximum atomic E-state index is 10.4. The molecule has 0 unspecified atom stereocenters. The Hall–Kier alpha value is -0.650. The van der Waals surface area contributed by atoms with Crippen molar-refractivity contribution in [3.63, 3.8) is 0 Å². The largest absolute Gasteiger partial charge is 0.296 e. The highest BCUT2D eigenvalue weighted by atomic mass is 32.2. The Balaban J connectivity index is 3.81. The summed E-state index contributed by atoms with van der Waals surface area (Å²) in [5, 5.41) is 0. The minimum atomic E-state index is -3.83. The van der Waals surface area contributed by atoms with Gasteiger partial charge in [0.05, 0.1) is 5.75 Å². The lowest BCUT2D eigenvalue weighted by Gasteiger charge is -2.17. The van der Waals surface area contributed by atoms with Gasteiger partial charge in [0.15, 0.2) is 0 Å². The Morgan fingerprint density at radius 1 is 1.21 bits per heavy atom. The van der Waals surface area contributed by atoms with E-state index in [4.69, 9.17) is 4.55 Å². The van der Waals surface area contributed by atoms with Gasteiger partial charge in [0, 0.05) is 13.1 Å². The predicted octanol–water partition coefficient (Wildman–Crippen LogP) is 0.938. The van der Waals surface area contributed by atoms with Crippen molar-refractivity contribution in [3.8, 4) is 0 Å². The summed E-state index contributed by atoms with van der Waals surface area (Å²) in [6.07, 6.45) is 3.91. The van der Waals surface area contributed by atoms with Crippen molar-refractivity contribution in [2.45, 2.75) is 6.42 Å². The summed E-state index contributed by atoms with van der Waals surface area (Å²) in [6, 6.07) is 0. The topological polar surface area (TPSA) is 57.6 Å². The molecule has 0 saturated carbocycles. The average Bonchev–Trinajstić information content (AvgIpc) is 2.02. The summed E-state index contributed by atoms with van der Waals surface area (Å²) in [6.45, 7) is 9.18. The fourth-order valence-electron chi connectivity index (χ4n) is 1.09. The monoisotopic (exact) mass is 219 g/mol. The van der Waals surface area contributed by atoms with Crippen LogP contribution in [0.5, 0.6) is 0 Å². The second-order valence-electron chi connectivity index (χ2n) is 2.98. The lowest BCUT2D eigenvalue weighted by atomic mass is 10.4. The Morgan fingerprint density at radius 3 is 2.07 bits per heavy atom. The van der Waals surface area contributed by atoms with Crippen molar-refractivity contribution in [1.82, 2.24) is 4.90 Å². The highest BCUT2D eigenvalue weighted by molar-refractivity contribution is 7.85. The van der Waals surface area contributed by atoms with E-state index in [0.29, 0.717) is 26.1 Å². The maximum absolute atomic E-state index is 10.4. The highest BCUT2D eigenvalue weighted by Crippen LogP contribution is 1.95. The van der Waals surface area contributed by atoms with Crippen LogP contribution in [0.15, 0.2) is 25.3 Å². The van der Waals surface area contributed by atoms with E-state index in [9.17, 15) is 8.42 Å². The van der Waals surface area contributed by atoms with Crippen LogP contribution in [0.1, 0.15) is 6.42 Å². The minimum absolute atomic E-state index is 0.197. The van der Waals surface area contributed by atoms with Gasteiger partial charge in [-0.3, -0.25) is 9.45 Å². The molecule has 14 heavy (non-hydrogen) atoms. The molecule has 5 heteroatoms. The Labute approximate surface area is 85.7 Å². The summed E-state index contributed by atoms with van der Waals surface area (Å²) < 4.78 is 29.4. The van der Waals surface area contributed by atoms with Crippen LogP contribution in [0.4, 0.5) is 0 Å². The first-order valence-corrected chi connectivity index (χ1v) is 6.00. The van der Waals surface area contributed by atoms with E-state index in [2.05, 4.69) is 13.2 Å². The summed E-state index contributed by atoms with van der Waals surface area (Å²) >= 11 is 0. The third-order valence-electron chi connectivity index (χ3n) is 1.65. The van der Waals surface area contributed by atoms with Gasteiger partial charge >= 0.3 is 0 Å². The molecule has 0 spiro atoms. The summed E-state index contributed by atoms with van der Waals surface area (Å²) in [7, 11) is -3.83. The molecule has 0 fully saturated rings. The average molecular weight is 219 g/mol. The zero-order valence-electron chi connectivity index (χ0n) is 8.22. The zero-order chi connectivity index (χ0) is 11.0. The van der Waals surface area contributed by atoms with Gasteiger partial charge in [-0.15, -0.1) is 13.2 Å². The molecule has 0 radical (unpaired) electrons. The van der Waals surface area contributed by atoms with E-state index in [1.807, 2.05) is 4.90 Å². The van der Waals surface area contributed by atoms with Crippen LogP contribution in [0.2, 0.25) is 0 Å². The van der Waals surface area contributed by atoms with Crippen molar-refractivity contribution in [1.29, 1.82) is 0 Å². The Morgan fingerprint density at radius 2 is 1.71 bits per heavy atom. The lowest BCUT2D eigenvalue weighted by molar-refractivity contribution is 0.335. The van der Waals surface area contributed by atoms with Crippen LogP contribution in [0, 0.1) is 0 Å². The summed E-state index contributed by atoms with van der Waals surface area (Å²) in [5.41, 5.74) is 0. The van der Waals surface area contributed by atoms with E-state index in [0.717, 1.165) is 0 Å². The SMILES string of the molecule is C=CCN(CC=C)CCCS(=O)(=O)O. The lowest BCUT2D eigenvalue weighted by Crippen LogP contribution is -2.26. The first-order chi connectivity index (χ1) is 6.49. The molecule has 0 aromatic heterocycles. The van der Waals surface area contributed by atoms with Crippen LogP contribution < -0.4 is 0 Å². The molecule has 0 heterocycles. The molecular weight excluding hydrogens is 202 g/mol. The Bertz CT molecular complexity index is 262. The molecule has 4 nitrogen and oxygen atoms in total. The normalized spacial score (nSPS) is 11.6. The molecule has 82 valence electrons. The van der Waals surface area contributed by atoms with Crippen molar-refractivity contribution in [3.05, 3.63) is 25.3 Å². The number of nitrogens with zero attached hydrogens (tertiary/aromatic N) is 1. The fourth-order valence-corrected chi connectivity index (χ4v) is 1.59. The standard InChI is InChI=1S/C9H17NO3S/c1-3-6-10(7-4-2)8-5-9-14(11,12)13/h3-4H,1-2,5-9H2,(H,11,12,13). The zero-order valence-corrected chi connectivity index (χ0v) is 9.04. The molecule has 0 aliphatic heterocycles. The smallest absolute Gasteiger partial charge is 0.264 e. The first-order valence-electron chi connectivity index (χ1n) is 4.39. The molecule has 0 aliphatic carbocycles. The van der Waals surface area contributed by atoms with Crippen molar-refractivity contribution in [2.24, 2.45) is 0 Å². The van der Waals surface area contributed by atoms with Gasteiger partial charge < -0.3 is 0 Å². The Kier molecular flexibility index (Phi) is 6.44. The van der Waals surface area contributed by atoms with Gasteiger partial charge in [-0.25, -0.2) is 0 Å². The molecule has 1 N–H and O–H groups in total. The maximum Gasteiger partial charge on any atom is 0.264 e. The van der Waals surface area contributed by atoms with Crippen LogP contribution in [0.3, 0.4) is 0 Å². The summed E-state index contributed by atoms with van der Waals surface area (Å²) in [4.78, 5) is 1.99. The molecule has 0 rings (SSSR count). The third kappa shape index (κ3) is 7.97. The van der Waals surface area contributed by atoms with E-state index in [1.165, 1.54) is 0 Å². The van der Waals surface area contributed by atoms with Gasteiger partial charge in [-0.2, -0.15) is 8.42 Å². The molecule has 0 aromatic rings. The molecule has 0 amide bonds. The van der Waals surface area contributed by atoms with Crippen LogP contribution >= 0.6 is 0 Å². The quantitative estimate of drug-likeness (QED) is 0.487. The van der Waals surface area contributed by atoms with E-state index in [-0.39, 0.29) is 5.75 Å². The molecule has 0 saturated heterocycles. The molecule has 0 atom stereocenters. The predicted molar refractivity (Wildman–Crippen MR) is 57.9 cm³/mol. The second kappa shape index (κ2) is 6.75. The fraction of sp³-hybridized carbons (Fsp3) is 0.556. The van der Waals surface area contributed by atoms with Crippen molar-refractivity contribution < 1.29 is 13.0 Å². The third-order valence-corrected chi connectivity index (χ3v) is 2.46.